The zero-order chi connectivity index (χ0) is 12.3. The second kappa shape index (κ2) is 5.10. The topological polar surface area (TPSA) is 35.0 Å². The normalized spacial score (nSPS) is 10.3. The maximum Gasteiger partial charge on any atom is 0.167 e. The first-order valence-electron chi connectivity index (χ1n) is 5.03. The van der Waals surface area contributed by atoms with Gasteiger partial charge in [-0.25, -0.2) is 4.39 Å². The van der Waals surface area contributed by atoms with E-state index < -0.39 is 0 Å². The van der Waals surface area contributed by atoms with Gasteiger partial charge in [0.15, 0.2) is 16.7 Å². The van der Waals surface area contributed by atoms with Gasteiger partial charge in [-0.15, -0.1) is 5.10 Å². The van der Waals surface area contributed by atoms with Crippen LogP contribution in [0.4, 0.5) is 4.39 Å². The highest BCUT2D eigenvalue weighted by molar-refractivity contribution is 6.29. The number of rotatable bonds is 3. The molecule has 2 rings (SSSR count). The van der Waals surface area contributed by atoms with Gasteiger partial charge >= 0.3 is 0 Å². The molecule has 0 unspecified atom stereocenters. The van der Waals surface area contributed by atoms with E-state index in [1.165, 1.54) is 0 Å². The highest BCUT2D eigenvalue weighted by atomic mass is 35.5. The smallest absolute Gasteiger partial charge is 0.167 e. The molecule has 0 saturated heterocycles. The minimum Gasteiger partial charge on any atom is -0.484 e. The molecular weight excluding hydrogens is 243 g/mol. The molecule has 0 atom stereocenters. The summed E-state index contributed by atoms with van der Waals surface area (Å²) >= 11 is 5.60. The van der Waals surface area contributed by atoms with Crippen LogP contribution in [0, 0.1) is 12.7 Å². The van der Waals surface area contributed by atoms with Gasteiger partial charge < -0.3 is 4.74 Å². The minimum absolute atomic E-state index is 0.157. The van der Waals surface area contributed by atoms with Crippen LogP contribution in [0.1, 0.15) is 11.3 Å². The highest BCUT2D eigenvalue weighted by Crippen LogP contribution is 2.20. The fourth-order valence-electron chi connectivity index (χ4n) is 1.30. The van der Waals surface area contributed by atoms with Crippen LogP contribution in [0.2, 0.25) is 5.15 Å². The second-order valence-electron chi connectivity index (χ2n) is 3.52. The Hall–Kier alpha value is -1.68. The van der Waals surface area contributed by atoms with Gasteiger partial charge in [0.25, 0.3) is 0 Å². The molecule has 1 aromatic heterocycles. The van der Waals surface area contributed by atoms with Gasteiger partial charge in [-0.2, -0.15) is 5.10 Å². The van der Waals surface area contributed by atoms with E-state index >= 15 is 0 Å². The lowest BCUT2D eigenvalue weighted by Crippen LogP contribution is -2.01. The molecular formula is C12H10ClFN2O. The quantitative estimate of drug-likeness (QED) is 0.842. The second-order valence-corrected chi connectivity index (χ2v) is 3.91. The van der Waals surface area contributed by atoms with Crippen molar-refractivity contribution in [2.75, 3.05) is 0 Å². The van der Waals surface area contributed by atoms with E-state index in [4.69, 9.17) is 16.3 Å². The minimum atomic E-state index is -0.352. The zero-order valence-corrected chi connectivity index (χ0v) is 9.91. The summed E-state index contributed by atoms with van der Waals surface area (Å²) in [4.78, 5) is 0. The molecule has 0 fully saturated rings. The van der Waals surface area contributed by atoms with Gasteiger partial charge in [0, 0.05) is 0 Å². The number of aryl methyl sites for hydroxylation is 1. The molecule has 0 aliphatic heterocycles. The van der Waals surface area contributed by atoms with Crippen LogP contribution >= 0.6 is 11.6 Å². The first kappa shape index (κ1) is 11.8. The summed E-state index contributed by atoms with van der Waals surface area (Å²) < 4.78 is 18.9. The maximum absolute atomic E-state index is 13.6. The van der Waals surface area contributed by atoms with Gasteiger partial charge in [-0.05, 0) is 30.7 Å². The molecule has 1 heterocycles. The average Bonchev–Trinajstić information content (AvgIpc) is 2.33. The number of ether oxygens (including phenoxy) is 1. The molecule has 1 aromatic carbocycles. The van der Waals surface area contributed by atoms with Gasteiger partial charge in [-0.3, -0.25) is 0 Å². The molecule has 0 saturated carbocycles. The maximum atomic E-state index is 13.6. The van der Waals surface area contributed by atoms with E-state index in [1.54, 1.807) is 37.3 Å². The lowest BCUT2D eigenvalue weighted by Gasteiger charge is -2.07. The van der Waals surface area contributed by atoms with Crippen LogP contribution < -0.4 is 4.74 Å². The Morgan fingerprint density at radius 3 is 2.76 bits per heavy atom. The van der Waals surface area contributed by atoms with Crippen LogP contribution in [0.15, 0.2) is 30.3 Å². The zero-order valence-electron chi connectivity index (χ0n) is 9.15. The molecule has 0 bridgehead atoms. The Kier molecular flexibility index (Phi) is 3.54. The predicted octanol–water partition coefficient (Wildman–Crippen LogP) is 3.16. The third-order valence-electron chi connectivity index (χ3n) is 2.22. The van der Waals surface area contributed by atoms with Gasteiger partial charge in [0.2, 0.25) is 0 Å². The Labute approximate surface area is 103 Å². The Morgan fingerprint density at radius 2 is 2.06 bits per heavy atom. The summed E-state index contributed by atoms with van der Waals surface area (Å²) in [5, 5.41) is 7.80. The molecule has 17 heavy (non-hydrogen) atoms. The summed E-state index contributed by atoms with van der Waals surface area (Å²) in [5.74, 6) is -0.142. The van der Waals surface area contributed by atoms with E-state index in [2.05, 4.69) is 10.2 Å². The number of benzene rings is 1. The van der Waals surface area contributed by atoms with Crippen molar-refractivity contribution in [3.8, 4) is 5.75 Å². The first-order valence-corrected chi connectivity index (χ1v) is 5.40. The number of aromatic nitrogens is 2. The van der Waals surface area contributed by atoms with E-state index in [9.17, 15) is 4.39 Å². The van der Waals surface area contributed by atoms with Crippen molar-refractivity contribution in [2.45, 2.75) is 13.5 Å². The number of hydrogen-bond donors (Lipinski definition) is 0. The summed E-state index contributed by atoms with van der Waals surface area (Å²) in [5.41, 5.74) is 1.14. The van der Waals surface area contributed by atoms with Crippen molar-refractivity contribution in [2.24, 2.45) is 0 Å². The Morgan fingerprint density at radius 1 is 1.24 bits per heavy atom. The highest BCUT2D eigenvalue weighted by Gasteiger charge is 2.06. The lowest BCUT2D eigenvalue weighted by molar-refractivity contribution is 0.284. The molecule has 0 N–H and O–H groups in total. The molecule has 5 heteroatoms. The summed E-state index contributed by atoms with van der Waals surface area (Å²) in [6.45, 7) is 1.84. The van der Waals surface area contributed by atoms with Gasteiger partial charge in [-0.1, -0.05) is 23.7 Å². The molecule has 0 aliphatic carbocycles. The largest absolute Gasteiger partial charge is 0.484 e. The molecule has 88 valence electrons. The fraction of sp³-hybridized carbons (Fsp3) is 0.167. The molecule has 2 aromatic rings. The molecule has 0 amide bonds. The van der Waals surface area contributed by atoms with Crippen molar-refractivity contribution in [1.29, 1.82) is 0 Å². The summed E-state index contributed by atoms with van der Waals surface area (Å²) in [7, 11) is 0. The lowest BCUT2D eigenvalue weighted by atomic mass is 10.2. The van der Waals surface area contributed by atoms with Gasteiger partial charge in [0.05, 0.1) is 0 Å². The number of hydrogen-bond acceptors (Lipinski definition) is 3. The third-order valence-corrected chi connectivity index (χ3v) is 2.42. The van der Waals surface area contributed by atoms with Crippen LogP contribution in [-0.2, 0) is 6.61 Å². The third kappa shape index (κ3) is 2.91. The van der Waals surface area contributed by atoms with E-state index in [0.717, 1.165) is 0 Å². The van der Waals surface area contributed by atoms with Crippen LogP contribution in [0.5, 0.6) is 5.75 Å². The summed E-state index contributed by atoms with van der Waals surface area (Å²) in [6.07, 6.45) is 0. The fourth-order valence-corrected chi connectivity index (χ4v) is 1.41. The van der Waals surface area contributed by atoms with Gasteiger partial charge in [0.1, 0.15) is 12.3 Å². The van der Waals surface area contributed by atoms with Crippen molar-refractivity contribution in [3.05, 3.63) is 52.6 Å². The van der Waals surface area contributed by atoms with Crippen LogP contribution in [-0.4, -0.2) is 10.2 Å². The SMILES string of the molecule is Cc1cccc(OCc2ccc(Cl)nn2)c1F. The van der Waals surface area contributed by atoms with E-state index in [-0.39, 0.29) is 18.2 Å². The molecule has 0 radical (unpaired) electrons. The van der Waals surface area contributed by atoms with E-state index in [1.807, 2.05) is 0 Å². The number of halogens is 2. The van der Waals surface area contributed by atoms with Crippen molar-refractivity contribution >= 4 is 11.6 Å². The number of nitrogens with zero attached hydrogens (tertiary/aromatic N) is 2. The van der Waals surface area contributed by atoms with E-state index in [0.29, 0.717) is 16.4 Å². The Balaban J connectivity index is 2.07. The monoisotopic (exact) mass is 252 g/mol. The van der Waals surface area contributed by atoms with Crippen molar-refractivity contribution in [1.82, 2.24) is 10.2 Å². The predicted molar refractivity (Wildman–Crippen MR) is 62.5 cm³/mol. The van der Waals surface area contributed by atoms with Crippen LogP contribution in [0.25, 0.3) is 0 Å². The first-order chi connectivity index (χ1) is 8.16. The Bertz CT molecular complexity index is 516. The summed E-state index contributed by atoms with van der Waals surface area (Å²) in [6, 6.07) is 8.29. The van der Waals surface area contributed by atoms with Crippen LogP contribution in [0.3, 0.4) is 0 Å². The molecule has 0 spiro atoms. The molecule has 3 nitrogen and oxygen atoms in total. The molecule has 0 aliphatic rings. The standard InChI is InChI=1S/C12H10ClFN2O/c1-8-3-2-4-10(12(8)14)17-7-9-5-6-11(13)16-15-9/h2-6H,7H2,1H3. The average molecular weight is 253 g/mol. The van der Waals surface area contributed by atoms with Crippen molar-refractivity contribution in [3.63, 3.8) is 0 Å². The van der Waals surface area contributed by atoms with Crippen molar-refractivity contribution < 1.29 is 9.13 Å².